The van der Waals surface area contributed by atoms with E-state index in [9.17, 15) is 9.59 Å². The molecule has 1 aliphatic heterocycles. The molecule has 0 bridgehead atoms. The molecule has 0 unspecified atom stereocenters. The molecule has 2 rings (SSSR count). The zero-order valence-electron chi connectivity index (χ0n) is 10.1. The van der Waals surface area contributed by atoms with E-state index in [-0.39, 0.29) is 17.7 Å². The number of carbonyl (C=O) groups is 2. The Morgan fingerprint density at radius 1 is 1.29 bits per heavy atom. The van der Waals surface area contributed by atoms with E-state index in [1.165, 1.54) is 0 Å². The van der Waals surface area contributed by atoms with Crippen molar-refractivity contribution in [3.63, 3.8) is 0 Å². The van der Waals surface area contributed by atoms with Gasteiger partial charge in [-0.15, -0.1) is 0 Å². The van der Waals surface area contributed by atoms with Gasteiger partial charge in [-0.1, -0.05) is 25.1 Å². The number of hydrogen-bond donors (Lipinski definition) is 0. The molecule has 1 fully saturated rings. The topological polar surface area (TPSA) is 40.6 Å². The van der Waals surface area contributed by atoms with Crippen LogP contribution in [0, 0.1) is 5.92 Å². The normalized spacial score (nSPS) is 20.6. The highest BCUT2D eigenvalue weighted by molar-refractivity contribution is 5.95. The molecule has 0 saturated carbocycles. The van der Waals surface area contributed by atoms with Crippen molar-refractivity contribution in [3.8, 4) is 0 Å². The molecule has 1 aliphatic rings. The average molecular weight is 232 g/mol. The third-order valence-corrected chi connectivity index (χ3v) is 2.98. The summed E-state index contributed by atoms with van der Waals surface area (Å²) in [7, 11) is 1.73. The van der Waals surface area contributed by atoms with Gasteiger partial charge in [0.1, 0.15) is 0 Å². The minimum atomic E-state index is -0.124. The third-order valence-electron chi connectivity index (χ3n) is 2.98. The minimum absolute atomic E-state index is 0.0169. The zero-order valence-corrected chi connectivity index (χ0v) is 10.1. The van der Waals surface area contributed by atoms with Crippen molar-refractivity contribution in [2.45, 2.75) is 6.92 Å². The molecule has 0 spiro atoms. The molecule has 0 N–H and O–H groups in total. The summed E-state index contributed by atoms with van der Waals surface area (Å²) >= 11 is 0. The predicted molar refractivity (Wildman–Crippen MR) is 64.3 cm³/mol. The molecule has 1 saturated heterocycles. The highest BCUT2D eigenvalue weighted by Gasteiger charge is 2.30. The predicted octanol–water partition coefficient (Wildman–Crippen LogP) is 1.19. The van der Waals surface area contributed by atoms with Gasteiger partial charge in [0.25, 0.3) is 5.91 Å². The number of rotatable bonds is 1. The Hall–Kier alpha value is -1.84. The highest BCUT2D eigenvalue weighted by atomic mass is 16.2. The molecule has 1 aromatic rings. The van der Waals surface area contributed by atoms with Crippen LogP contribution < -0.4 is 0 Å². The minimum Gasteiger partial charge on any atom is -0.328 e. The van der Waals surface area contributed by atoms with Crippen LogP contribution in [-0.4, -0.2) is 41.9 Å². The molecule has 0 aliphatic carbocycles. The lowest BCUT2D eigenvalue weighted by Gasteiger charge is -2.36. The molecule has 90 valence electrons. The smallest absolute Gasteiger partial charge is 0.255 e. The van der Waals surface area contributed by atoms with Gasteiger partial charge in [0.15, 0.2) is 0 Å². The Balaban J connectivity index is 2.14. The molecule has 0 radical (unpaired) electrons. The summed E-state index contributed by atoms with van der Waals surface area (Å²) in [6, 6.07) is 9.16. The third kappa shape index (κ3) is 2.30. The fraction of sp³-hybridized carbons (Fsp3) is 0.385. The zero-order chi connectivity index (χ0) is 12.4. The molecule has 2 amide bonds. The van der Waals surface area contributed by atoms with Crippen molar-refractivity contribution in [2.24, 2.45) is 5.92 Å². The molecule has 1 aromatic carbocycles. The maximum Gasteiger partial charge on any atom is 0.255 e. The van der Waals surface area contributed by atoms with Crippen LogP contribution in [0.5, 0.6) is 0 Å². The van der Waals surface area contributed by atoms with Crippen LogP contribution in [-0.2, 0) is 4.79 Å². The first kappa shape index (κ1) is 11.6. The standard InChI is InChI=1S/C13H16N2O2/c1-10-8-15(9-14(2)12(10)16)13(17)11-6-4-3-5-7-11/h3-7,10H,8-9H2,1-2H3/t10-/m1/s1. The molecule has 0 aromatic heterocycles. The van der Waals surface area contributed by atoms with Crippen molar-refractivity contribution in [2.75, 3.05) is 20.3 Å². The van der Waals surface area contributed by atoms with Crippen LogP contribution >= 0.6 is 0 Å². The number of amides is 2. The van der Waals surface area contributed by atoms with Crippen molar-refractivity contribution >= 4 is 11.8 Å². The van der Waals surface area contributed by atoms with Crippen LogP contribution in [0.2, 0.25) is 0 Å². The average Bonchev–Trinajstić information content (AvgIpc) is 2.35. The molecule has 1 atom stereocenters. The van der Waals surface area contributed by atoms with Gasteiger partial charge in [0.2, 0.25) is 5.91 Å². The van der Waals surface area contributed by atoms with E-state index < -0.39 is 0 Å². The summed E-state index contributed by atoms with van der Waals surface area (Å²) < 4.78 is 0. The largest absolute Gasteiger partial charge is 0.328 e. The molecule has 4 nitrogen and oxygen atoms in total. The van der Waals surface area contributed by atoms with Crippen molar-refractivity contribution < 1.29 is 9.59 Å². The summed E-state index contributed by atoms with van der Waals surface area (Å²) in [4.78, 5) is 27.1. The van der Waals surface area contributed by atoms with E-state index in [2.05, 4.69) is 0 Å². The van der Waals surface area contributed by atoms with E-state index in [0.717, 1.165) is 0 Å². The number of nitrogens with zero attached hydrogens (tertiary/aromatic N) is 2. The van der Waals surface area contributed by atoms with Crippen molar-refractivity contribution in [1.29, 1.82) is 0 Å². The monoisotopic (exact) mass is 232 g/mol. The molecule has 1 heterocycles. The summed E-state index contributed by atoms with van der Waals surface area (Å²) in [5.74, 6) is -0.0414. The summed E-state index contributed by atoms with van der Waals surface area (Å²) in [5, 5.41) is 0. The Morgan fingerprint density at radius 2 is 1.94 bits per heavy atom. The van der Waals surface area contributed by atoms with Crippen LogP contribution in [0.15, 0.2) is 30.3 Å². The molecule has 4 heteroatoms. The van der Waals surface area contributed by atoms with Gasteiger partial charge in [-0.3, -0.25) is 9.59 Å². The maximum atomic E-state index is 12.2. The van der Waals surface area contributed by atoms with E-state index in [1.807, 2.05) is 25.1 Å². The number of hydrogen-bond acceptors (Lipinski definition) is 2. The summed E-state index contributed by atoms with van der Waals surface area (Å²) in [6.45, 7) is 2.72. The van der Waals surface area contributed by atoms with E-state index in [1.54, 1.807) is 29.0 Å². The lowest BCUT2D eigenvalue weighted by molar-refractivity contribution is -0.139. The second kappa shape index (κ2) is 4.57. The molecular formula is C13H16N2O2. The van der Waals surface area contributed by atoms with E-state index in [4.69, 9.17) is 0 Å². The molecule has 17 heavy (non-hydrogen) atoms. The van der Waals surface area contributed by atoms with Gasteiger partial charge >= 0.3 is 0 Å². The van der Waals surface area contributed by atoms with Gasteiger partial charge in [-0.2, -0.15) is 0 Å². The quantitative estimate of drug-likeness (QED) is 0.730. The lowest BCUT2D eigenvalue weighted by Crippen LogP contribution is -2.52. The van der Waals surface area contributed by atoms with E-state index >= 15 is 0 Å². The van der Waals surface area contributed by atoms with Crippen LogP contribution in [0.4, 0.5) is 0 Å². The van der Waals surface area contributed by atoms with Gasteiger partial charge < -0.3 is 9.80 Å². The van der Waals surface area contributed by atoms with Crippen LogP contribution in [0.3, 0.4) is 0 Å². The van der Waals surface area contributed by atoms with Crippen molar-refractivity contribution in [3.05, 3.63) is 35.9 Å². The number of benzene rings is 1. The second-order valence-corrected chi connectivity index (χ2v) is 4.47. The Labute approximate surface area is 101 Å². The van der Waals surface area contributed by atoms with Gasteiger partial charge in [0, 0.05) is 19.2 Å². The highest BCUT2D eigenvalue weighted by Crippen LogP contribution is 2.14. The van der Waals surface area contributed by atoms with Crippen LogP contribution in [0.25, 0.3) is 0 Å². The SMILES string of the molecule is C[C@@H]1CN(C(=O)c2ccccc2)CN(C)C1=O. The fourth-order valence-corrected chi connectivity index (χ4v) is 2.08. The van der Waals surface area contributed by atoms with Gasteiger partial charge in [-0.25, -0.2) is 0 Å². The first-order valence-electron chi connectivity index (χ1n) is 5.69. The molecular weight excluding hydrogens is 216 g/mol. The Kier molecular flexibility index (Phi) is 3.13. The lowest BCUT2D eigenvalue weighted by atomic mass is 10.1. The Bertz CT molecular complexity index is 416. The first-order valence-corrected chi connectivity index (χ1v) is 5.69. The van der Waals surface area contributed by atoms with E-state index in [0.29, 0.717) is 18.8 Å². The van der Waals surface area contributed by atoms with Crippen molar-refractivity contribution in [1.82, 2.24) is 9.80 Å². The maximum absolute atomic E-state index is 12.2. The van der Waals surface area contributed by atoms with Gasteiger partial charge in [-0.05, 0) is 12.1 Å². The Morgan fingerprint density at radius 3 is 2.53 bits per heavy atom. The van der Waals surface area contributed by atoms with Gasteiger partial charge in [0.05, 0.1) is 12.6 Å². The fourth-order valence-electron chi connectivity index (χ4n) is 2.08. The summed E-state index contributed by atoms with van der Waals surface area (Å²) in [5.41, 5.74) is 0.669. The summed E-state index contributed by atoms with van der Waals surface area (Å²) in [6.07, 6.45) is 0. The van der Waals surface area contributed by atoms with Crippen LogP contribution in [0.1, 0.15) is 17.3 Å². The second-order valence-electron chi connectivity index (χ2n) is 4.47. The number of carbonyl (C=O) groups excluding carboxylic acids is 2. The first-order chi connectivity index (χ1) is 8.09.